The first kappa shape index (κ1) is 7.30. The van der Waals surface area contributed by atoms with Gasteiger partial charge in [0.2, 0.25) is 0 Å². The van der Waals surface area contributed by atoms with Gasteiger partial charge in [-0.1, -0.05) is 12.1 Å². The molecule has 1 atom stereocenters. The first-order valence-corrected chi connectivity index (χ1v) is 4.80. The van der Waals surface area contributed by atoms with Gasteiger partial charge >= 0.3 is 0 Å². The lowest BCUT2D eigenvalue weighted by atomic mass is 10.1. The van der Waals surface area contributed by atoms with Crippen LogP contribution in [0.3, 0.4) is 0 Å². The SMILES string of the molecule is CC1Cc2onc(C3CC3)c2C1=O. The first-order valence-electron chi connectivity index (χ1n) is 4.80. The van der Waals surface area contributed by atoms with Crippen LogP contribution in [0, 0.1) is 5.92 Å². The van der Waals surface area contributed by atoms with Crippen molar-refractivity contribution < 1.29 is 9.32 Å². The molecule has 3 nitrogen and oxygen atoms in total. The van der Waals surface area contributed by atoms with Crippen molar-refractivity contribution in [1.29, 1.82) is 0 Å². The zero-order valence-electron chi connectivity index (χ0n) is 7.54. The molecule has 13 heavy (non-hydrogen) atoms. The fraction of sp³-hybridized carbons (Fsp3) is 0.600. The van der Waals surface area contributed by atoms with E-state index in [2.05, 4.69) is 5.16 Å². The van der Waals surface area contributed by atoms with Crippen LogP contribution in [0.2, 0.25) is 0 Å². The number of aromatic nitrogens is 1. The Hall–Kier alpha value is -1.12. The Morgan fingerprint density at radius 2 is 2.23 bits per heavy atom. The van der Waals surface area contributed by atoms with Gasteiger partial charge in [0.1, 0.15) is 5.76 Å². The molecule has 0 saturated heterocycles. The third-order valence-corrected chi connectivity index (χ3v) is 2.94. The van der Waals surface area contributed by atoms with Gasteiger partial charge in [0.05, 0.1) is 11.3 Å². The van der Waals surface area contributed by atoms with Crippen molar-refractivity contribution in [3.63, 3.8) is 0 Å². The molecule has 68 valence electrons. The van der Waals surface area contributed by atoms with E-state index in [1.807, 2.05) is 6.92 Å². The second kappa shape index (κ2) is 2.22. The zero-order chi connectivity index (χ0) is 9.00. The van der Waals surface area contributed by atoms with Crippen LogP contribution < -0.4 is 0 Å². The fourth-order valence-corrected chi connectivity index (χ4v) is 1.99. The van der Waals surface area contributed by atoms with E-state index in [0.717, 1.165) is 23.4 Å². The topological polar surface area (TPSA) is 43.1 Å². The Balaban J connectivity index is 2.11. The number of carbonyl (C=O) groups excluding carboxylic acids is 1. The normalized spacial score (nSPS) is 26.5. The van der Waals surface area contributed by atoms with Crippen LogP contribution in [-0.2, 0) is 6.42 Å². The lowest BCUT2D eigenvalue weighted by Crippen LogP contribution is -2.05. The Morgan fingerprint density at radius 1 is 1.46 bits per heavy atom. The van der Waals surface area contributed by atoms with E-state index in [4.69, 9.17) is 4.52 Å². The number of rotatable bonds is 1. The molecule has 0 aromatic carbocycles. The van der Waals surface area contributed by atoms with E-state index in [1.165, 1.54) is 12.8 Å². The van der Waals surface area contributed by atoms with Gasteiger partial charge in [-0.3, -0.25) is 4.79 Å². The van der Waals surface area contributed by atoms with Crippen molar-refractivity contribution in [3.05, 3.63) is 17.0 Å². The lowest BCUT2D eigenvalue weighted by Gasteiger charge is -1.97. The molecule has 2 aliphatic rings. The largest absolute Gasteiger partial charge is 0.360 e. The highest BCUT2D eigenvalue weighted by molar-refractivity contribution is 6.02. The van der Waals surface area contributed by atoms with Crippen LogP contribution in [0.15, 0.2) is 4.52 Å². The maximum absolute atomic E-state index is 11.7. The standard InChI is InChI=1S/C10H11NO2/c1-5-4-7-8(10(5)12)9(11-13-7)6-2-3-6/h5-6H,2-4H2,1H3. The average molecular weight is 177 g/mol. The van der Waals surface area contributed by atoms with Crippen LogP contribution in [0.5, 0.6) is 0 Å². The molecule has 0 amide bonds. The number of nitrogens with zero attached hydrogens (tertiary/aromatic N) is 1. The van der Waals surface area contributed by atoms with Gasteiger partial charge < -0.3 is 4.52 Å². The molecule has 0 radical (unpaired) electrons. The molecule has 3 heteroatoms. The predicted octanol–water partition coefficient (Wildman–Crippen LogP) is 1.93. The second-order valence-corrected chi connectivity index (χ2v) is 4.11. The van der Waals surface area contributed by atoms with Gasteiger partial charge in [0.15, 0.2) is 5.78 Å². The van der Waals surface area contributed by atoms with Crippen molar-refractivity contribution in [3.8, 4) is 0 Å². The Morgan fingerprint density at radius 3 is 2.92 bits per heavy atom. The summed E-state index contributed by atoms with van der Waals surface area (Å²) in [6.07, 6.45) is 3.08. The second-order valence-electron chi connectivity index (χ2n) is 4.11. The maximum Gasteiger partial charge on any atom is 0.171 e. The summed E-state index contributed by atoms with van der Waals surface area (Å²) in [6, 6.07) is 0. The number of ketones is 1. The quantitative estimate of drug-likeness (QED) is 0.658. The number of fused-ring (bicyclic) bond motifs is 1. The molecule has 1 heterocycles. The monoisotopic (exact) mass is 177 g/mol. The number of Topliss-reactive ketones (excluding diaryl/α,β-unsaturated/α-hetero) is 1. The van der Waals surface area contributed by atoms with E-state index in [1.54, 1.807) is 0 Å². The third kappa shape index (κ3) is 0.900. The summed E-state index contributed by atoms with van der Waals surface area (Å²) in [5.41, 5.74) is 1.75. The minimum absolute atomic E-state index is 0.106. The Bertz CT molecular complexity index is 376. The molecule has 1 saturated carbocycles. The van der Waals surface area contributed by atoms with E-state index in [-0.39, 0.29) is 11.7 Å². The lowest BCUT2D eigenvalue weighted by molar-refractivity contribution is 0.0944. The van der Waals surface area contributed by atoms with Gasteiger partial charge in [-0.05, 0) is 12.8 Å². The van der Waals surface area contributed by atoms with Crippen molar-refractivity contribution in [2.75, 3.05) is 0 Å². The molecule has 0 bridgehead atoms. The Kier molecular flexibility index (Phi) is 1.25. The van der Waals surface area contributed by atoms with Gasteiger partial charge in [0.25, 0.3) is 0 Å². The van der Waals surface area contributed by atoms with Crippen molar-refractivity contribution >= 4 is 5.78 Å². The van der Waals surface area contributed by atoms with Gasteiger partial charge in [-0.2, -0.15) is 0 Å². The predicted molar refractivity (Wildman–Crippen MR) is 45.7 cm³/mol. The molecule has 1 fully saturated rings. The summed E-state index contributed by atoms with van der Waals surface area (Å²) < 4.78 is 5.18. The van der Waals surface area contributed by atoms with Crippen LogP contribution in [-0.4, -0.2) is 10.9 Å². The van der Waals surface area contributed by atoms with Crippen molar-refractivity contribution in [2.45, 2.75) is 32.1 Å². The molecule has 0 aliphatic heterocycles. The van der Waals surface area contributed by atoms with Gasteiger partial charge in [-0.15, -0.1) is 0 Å². The van der Waals surface area contributed by atoms with Gasteiger partial charge in [-0.25, -0.2) is 0 Å². The average Bonchev–Trinajstić information content (AvgIpc) is 2.81. The highest BCUT2D eigenvalue weighted by Crippen LogP contribution is 2.44. The summed E-state index contributed by atoms with van der Waals surface area (Å²) in [5, 5.41) is 3.99. The van der Waals surface area contributed by atoms with Crippen molar-refractivity contribution in [1.82, 2.24) is 5.16 Å². The molecule has 1 unspecified atom stereocenters. The van der Waals surface area contributed by atoms with E-state index >= 15 is 0 Å². The minimum atomic E-state index is 0.106. The fourth-order valence-electron chi connectivity index (χ4n) is 1.99. The third-order valence-electron chi connectivity index (χ3n) is 2.94. The van der Waals surface area contributed by atoms with E-state index in [0.29, 0.717) is 5.92 Å². The number of hydrogen-bond donors (Lipinski definition) is 0. The molecular weight excluding hydrogens is 166 g/mol. The van der Waals surface area contributed by atoms with Crippen LogP contribution in [0.1, 0.15) is 47.5 Å². The molecular formula is C10H11NO2. The molecule has 3 rings (SSSR count). The zero-order valence-corrected chi connectivity index (χ0v) is 7.54. The Labute approximate surface area is 76.1 Å². The molecule has 1 aromatic heterocycles. The van der Waals surface area contributed by atoms with Crippen LogP contribution >= 0.6 is 0 Å². The summed E-state index contributed by atoms with van der Waals surface area (Å²) in [4.78, 5) is 11.7. The smallest absolute Gasteiger partial charge is 0.171 e. The highest BCUT2D eigenvalue weighted by Gasteiger charge is 2.39. The van der Waals surface area contributed by atoms with Crippen LogP contribution in [0.4, 0.5) is 0 Å². The van der Waals surface area contributed by atoms with E-state index < -0.39 is 0 Å². The summed E-state index contributed by atoms with van der Waals surface area (Å²) in [7, 11) is 0. The molecule has 0 spiro atoms. The van der Waals surface area contributed by atoms with Crippen LogP contribution in [0.25, 0.3) is 0 Å². The highest BCUT2D eigenvalue weighted by atomic mass is 16.5. The number of hydrogen-bond acceptors (Lipinski definition) is 3. The minimum Gasteiger partial charge on any atom is -0.360 e. The molecule has 0 N–H and O–H groups in total. The first-order chi connectivity index (χ1) is 6.27. The summed E-state index contributed by atoms with van der Waals surface area (Å²) in [5.74, 6) is 1.67. The number of carbonyl (C=O) groups is 1. The van der Waals surface area contributed by atoms with Gasteiger partial charge in [0, 0.05) is 18.3 Å². The maximum atomic E-state index is 11.7. The molecule has 2 aliphatic carbocycles. The summed E-state index contributed by atoms with van der Waals surface area (Å²) in [6.45, 7) is 1.95. The van der Waals surface area contributed by atoms with Crippen molar-refractivity contribution in [2.24, 2.45) is 5.92 Å². The molecule has 1 aromatic rings. The van der Waals surface area contributed by atoms with E-state index in [9.17, 15) is 4.79 Å². The summed E-state index contributed by atoms with van der Waals surface area (Å²) >= 11 is 0.